The van der Waals surface area contributed by atoms with Crippen LogP contribution in [0.4, 0.5) is 0 Å². The molecule has 0 aromatic heterocycles. The first-order valence-electron chi connectivity index (χ1n) is 7.27. The van der Waals surface area contributed by atoms with Crippen molar-refractivity contribution in [3.63, 3.8) is 0 Å². The number of fused-ring (bicyclic) bond motifs is 1. The normalized spacial score (nSPS) is 21.4. The fraction of sp³-hybridized carbons (Fsp3) is 0.294. The van der Waals surface area contributed by atoms with E-state index in [9.17, 15) is 14.7 Å². The average molecular weight is 298 g/mol. The lowest BCUT2D eigenvalue weighted by Gasteiger charge is -2.33. The van der Waals surface area contributed by atoms with E-state index in [1.807, 2.05) is 30.3 Å². The zero-order valence-corrected chi connectivity index (χ0v) is 12.2. The molecule has 1 aromatic rings. The smallest absolute Gasteiger partial charge is 0.271 e. The lowest BCUT2D eigenvalue weighted by molar-refractivity contribution is -0.145. The van der Waals surface area contributed by atoms with E-state index in [2.05, 4.69) is 6.58 Å². The van der Waals surface area contributed by atoms with Crippen LogP contribution in [-0.2, 0) is 16.1 Å². The molecule has 1 unspecified atom stereocenters. The summed E-state index contributed by atoms with van der Waals surface area (Å²) in [6.45, 7) is 4.26. The Kier molecular flexibility index (Phi) is 3.81. The lowest BCUT2D eigenvalue weighted by Crippen LogP contribution is -2.50. The summed E-state index contributed by atoms with van der Waals surface area (Å²) in [6, 6.07) is 9.56. The maximum Gasteiger partial charge on any atom is 0.271 e. The van der Waals surface area contributed by atoms with Crippen molar-refractivity contribution in [1.82, 2.24) is 9.80 Å². The van der Waals surface area contributed by atoms with E-state index in [1.165, 1.54) is 9.80 Å². The van der Waals surface area contributed by atoms with E-state index in [1.54, 1.807) is 6.08 Å². The highest BCUT2D eigenvalue weighted by Crippen LogP contribution is 2.31. The Hall–Kier alpha value is -2.40. The summed E-state index contributed by atoms with van der Waals surface area (Å²) in [6.07, 6.45) is 1.27. The predicted molar refractivity (Wildman–Crippen MR) is 81.4 cm³/mol. The number of piperazine rings is 1. The number of rotatable bonds is 4. The number of benzene rings is 1. The highest BCUT2D eigenvalue weighted by molar-refractivity contribution is 6.04. The molecule has 2 aliphatic rings. The number of carbonyl (C=O) groups is 2. The third-order valence-corrected chi connectivity index (χ3v) is 4.03. The Morgan fingerprint density at radius 3 is 2.68 bits per heavy atom. The number of aliphatic hydroxyl groups is 1. The van der Waals surface area contributed by atoms with Gasteiger partial charge in [-0.3, -0.25) is 9.59 Å². The third kappa shape index (κ3) is 2.44. The molecule has 1 fully saturated rings. The maximum absolute atomic E-state index is 12.7. The molecule has 5 heteroatoms. The first kappa shape index (κ1) is 14.5. The maximum atomic E-state index is 12.7. The van der Waals surface area contributed by atoms with Crippen LogP contribution >= 0.6 is 0 Å². The van der Waals surface area contributed by atoms with Gasteiger partial charge in [0.2, 0.25) is 5.91 Å². The van der Waals surface area contributed by atoms with Crippen LogP contribution in [0.1, 0.15) is 12.0 Å². The SMILES string of the molecule is C=CCC1=C2C(=O)N(Cc3ccccc3)CC(=O)N2CC1O. The van der Waals surface area contributed by atoms with Crippen LogP contribution < -0.4 is 0 Å². The van der Waals surface area contributed by atoms with Crippen molar-refractivity contribution >= 4 is 11.8 Å². The van der Waals surface area contributed by atoms with Crippen LogP contribution in [0.15, 0.2) is 54.3 Å². The van der Waals surface area contributed by atoms with E-state index in [-0.39, 0.29) is 24.9 Å². The van der Waals surface area contributed by atoms with Gasteiger partial charge in [0.25, 0.3) is 5.91 Å². The Balaban J connectivity index is 1.91. The van der Waals surface area contributed by atoms with E-state index in [0.717, 1.165) is 5.56 Å². The molecular weight excluding hydrogens is 280 g/mol. The van der Waals surface area contributed by atoms with E-state index >= 15 is 0 Å². The second kappa shape index (κ2) is 5.77. The van der Waals surface area contributed by atoms with Crippen molar-refractivity contribution in [3.8, 4) is 0 Å². The van der Waals surface area contributed by atoms with Crippen LogP contribution in [-0.4, -0.2) is 45.9 Å². The molecule has 1 N–H and O–H groups in total. The molecule has 2 heterocycles. The highest BCUT2D eigenvalue weighted by Gasteiger charge is 2.43. The summed E-state index contributed by atoms with van der Waals surface area (Å²) in [5.74, 6) is -0.347. The van der Waals surface area contributed by atoms with Crippen molar-refractivity contribution in [2.75, 3.05) is 13.1 Å². The highest BCUT2D eigenvalue weighted by atomic mass is 16.3. The zero-order valence-electron chi connectivity index (χ0n) is 12.2. The molecule has 3 rings (SSSR count). The Morgan fingerprint density at radius 2 is 2.00 bits per heavy atom. The molecule has 0 aliphatic carbocycles. The summed E-state index contributed by atoms with van der Waals surface area (Å²) in [4.78, 5) is 27.9. The molecule has 22 heavy (non-hydrogen) atoms. The van der Waals surface area contributed by atoms with Gasteiger partial charge in [-0.05, 0) is 17.6 Å². The minimum Gasteiger partial charge on any atom is -0.387 e. The lowest BCUT2D eigenvalue weighted by atomic mass is 10.1. The molecule has 1 saturated heterocycles. The largest absolute Gasteiger partial charge is 0.387 e. The van der Waals surface area contributed by atoms with Crippen LogP contribution in [0.5, 0.6) is 0 Å². The third-order valence-electron chi connectivity index (χ3n) is 4.03. The molecule has 0 radical (unpaired) electrons. The van der Waals surface area contributed by atoms with Gasteiger partial charge in [-0.2, -0.15) is 0 Å². The van der Waals surface area contributed by atoms with Crippen molar-refractivity contribution in [2.24, 2.45) is 0 Å². The standard InChI is InChI=1S/C17H18N2O3/c1-2-6-13-14(20)10-19-15(21)11-18(17(22)16(13)19)9-12-7-4-3-5-8-12/h2-5,7-8,14,20H,1,6,9-11H2. The van der Waals surface area contributed by atoms with Gasteiger partial charge in [0, 0.05) is 6.54 Å². The molecule has 0 bridgehead atoms. The van der Waals surface area contributed by atoms with Crippen molar-refractivity contribution in [1.29, 1.82) is 0 Å². The average Bonchev–Trinajstić information content (AvgIpc) is 2.84. The Labute approximate surface area is 129 Å². The van der Waals surface area contributed by atoms with Gasteiger partial charge < -0.3 is 14.9 Å². The molecule has 2 amide bonds. The van der Waals surface area contributed by atoms with Crippen molar-refractivity contribution in [3.05, 3.63) is 59.8 Å². The summed E-state index contributed by atoms with van der Waals surface area (Å²) < 4.78 is 0. The fourth-order valence-corrected chi connectivity index (χ4v) is 2.97. The molecule has 1 atom stereocenters. The van der Waals surface area contributed by atoms with Gasteiger partial charge in [-0.1, -0.05) is 36.4 Å². The van der Waals surface area contributed by atoms with Crippen molar-refractivity contribution in [2.45, 2.75) is 19.1 Å². The van der Waals surface area contributed by atoms with Crippen LogP contribution in [0.2, 0.25) is 0 Å². The molecule has 2 aliphatic heterocycles. The quantitative estimate of drug-likeness (QED) is 0.846. The zero-order chi connectivity index (χ0) is 15.7. The van der Waals surface area contributed by atoms with Gasteiger partial charge in [-0.15, -0.1) is 6.58 Å². The van der Waals surface area contributed by atoms with Crippen molar-refractivity contribution < 1.29 is 14.7 Å². The summed E-state index contributed by atoms with van der Waals surface area (Å²) in [7, 11) is 0. The molecule has 1 aromatic carbocycles. The number of hydrogen-bond donors (Lipinski definition) is 1. The summed E-state index contributed by atoms with van der Waals surface area (Å²) in [5.41, 5.74) is 1.90. The fourth-order valence-electron chi connectivity index (χ4n) is 2.97. The monoisotopic (exact) mass is 298 g/mol. The van der Waals surface area contributed by atoms with Gasteiger partial charge in [0.05, 0.1) is 12.6 Å². The second-order valence-corrected chi connectivity index (χ2v) is 5.53. The Bertz CT molecular complexity index is 651. The first-order valence-corrected chi connectivity index (χ1v) is 7.27. The molecule has 5 nitrogen and oxygen atoms in total. The molecule has 114 valence electrons. The predicted octanol–water partition coefficient (Wildman–Crippen LogP) is 1.06. The topological polar surface area (TPSA) is 60.9 Å². The number of nitrogens with zero attached hydrogens (tertiary/aromatic N) is 2. The number of allylic oxidation sites excluding steroid dienone is 1. The van der Waals surface area contributed by atoms with Gasteiger partial charge in [-0.25, -0.2) is 0 Å². The minimum absolute atomic E-state index is 0.0469. The summed E-state index contributed by atoms with van der Waals surface area (Å²) >= 11 is 0. The van der Waals surface area contributed by atoms with E-state index in [4.69, 9.17) is 0 Å². The van der Waals surface area contributed by atoms with Gasteiger partial charge in [0.1, 0.15) is 12.2 Å². The molecule has 0 saturated carbocycles. The molecule has 0 spiro atoms. The number of carbonyl (C=O) groups excluding carboxylic acids is 2. The van der Waals surface area contributed by atoms with Crippen LogP contribution in [0.3, 0.4) is 0 Å². The van der Waals surface area contributed by atoms with Crippen LogP contribution in [0.25, 0.3) is 0 Å². The number of aliphatic hydroxyl groups excluding tert-OH is 1. The first-order chi connectivity index (χ1) is 10.6. The van der Waals surface area contributed by atoms with E-state index < -0.39 is 6.10 Å². The van der Waals surface area contributed by atoms with E-state index in [0.29, 0.717) is 24.2 Å². The molecular formula is C17H18N2O3. The number of amides is 2. The van der Waals surface area contributed by atoms with Crippen LogP contribution in [0, 0.1) is 0 Å². The van der Waals surface area contributed by atoms with Gasteiger partial charge in [0.15, 0.2) is 0 Å². The van der Waals surface area contributed by atoms with Gasteiger partial charge >= 0.3 is 0 Å². The Morgan fingerprint density at radius 1 is 1.27 bits per heavy atom. The minimum atomic E-state index is -0.780. The second-order valence-electron chi connectivity index (χ2n) is 5.53. The number of hydrogen-bond acceptors (Lipinski definition) is 3. The summed E-state index contributed by atoms with van der Waals surface area (Å²) in [5, 5.41) is 10.1.